The number of ether oxygens (including phenoxy) is 1. The Morgan fingerprint density at radius 2 is 1.94 bits per heavy atom. The minimum absolute atomic E-state index is 0.191. The van der Waals surface area contributed by atoms with E-state index in [-0.39, 0.29) is 12.5 Å². The number of benzene rings is 1. The highest BCUT2D eigenvalue weighted by atomic mass is 16.5. The summed E-state index contributed by atoms with van der Waals surface area (Å²) < 4.78 is 5.48. The summed E-state index contributed by atoms with van der Waals surface area (Å²) in [5, 5.41) is 18.6. The van der Waals surface area contributed by atoms with Crippen molar-refractivity contribution >= 4 is 0 Å². The van der Waals surface area contributed by atoms with Crippen molar-refractivity contribution in [1.29, 1.82) is 0 Å². The Kier molecular flexibility index (Phi) is 5.63. The summed E-state index contributed by atoms with van der Waals surface area (Å²) in [5.74, 6) is 1.11. The lowest BCUT2D eigenvalue weighted by atomic mass is 9.88. The molecule has 0 saturated heterocycles. The molecule has 18 heavy (non-hydrogen) atoms. The maximum absolute atomic E-state index is 9.63. The normalized spacial score (nSPS) is 14.3. The van der Waals surface area contributed by atoms with Gasteiger partial charge in [0.1, 0.15) is 5.75 Å². The minimum Gasteiger partial charge on any atom is -0.496 e. The first-order chi connectivity index (χ1) is 8.53. The molecule has 0 aromatic heterocycles. The topological polar surface area (TPSA) is 49.7 Å². The van der Waals surface area contributed by atoms with Gasteiger partial charge >= 0.3 is 0 Å². The molecule has 0 bridgehead atoms. The van der Waals surface area contributed by atoms with Crippen LogP contribution < -0.4 is 4.74 Å². The van der Waals surface area contributed by atoms with Crippen LogP contribution in [0.2, 0.25) is 0 Å². The lowest BCUT2D eigenvalue weighted by Crippen LogP contribution is -2.17. The molecule has 0 aliphatic carbocycles. The third-order valence-electron chi connectivity index (χ3n) is 3.35. The summed E-state index contributed by atoms with van der Waals surface area (Å²) in [6.45, 7) is 5.99. The molecule has 3 nitrogen and oxygen atoms in total. The van der Waals surface area contributed by atoms with E-state index in [1.165, 1.54) is 5.56 Å². The molecule has 2 N–H and O–H groups in total. The fraction of sp³-hybridized carbons (Fsp3) is 0.600. The van der Waals surface area contributed by atoms with Crippen molar-refractivity contribution in [2.45, 2.75) is 45.6 Å². The Morgan fingerprint density at radius 3 is 2.44 bits per heavy atom. The fourth-order valence-electron chi connectivity index (χ4n) is 2.49. The molecule has 0 fully saturated rings. The highest BCUT2D eigenvalue weighted by molar-refractivity contribution is 5.45. The summed E-state index contributed by atoms with van der Waals surface area (Å²) in [7, 11) is 1.68. The lowest BCUT2D eigenvalue weighted by Gasteiger charge is -2.22. The second kappa shape index (κ2) is 6.76. The monoisotopic (exact) mass is 252 g/mol. The average molecular weight is 252 g/mol. The van der Waals surface area contributed by atoms with Gasteiger partial charge in [-0.05, 0) is 43.7 Å². The summed E-state index contributed by atoms with van der Waals surface area (Å²) in [4.78, 5) is 0. The van der Waals surface area contributed by atoms with Crippen molar-refractivity contribution in [3.8, 4) is 5.75 Å². The molecule has 1 rings (SSSR count). The van der Waals surface area contributed by atoms with Gasteiger partial charge in [-0.1, -0.05) is 24.6 Å². The van der Waals surface area contributed by atoms with Gasteiger partial charge in [-0.2, -0.15) is 0 Å². The number of aliphatic hydroxyl groups is 2. The van der Waals surface area contributed by atoms with Gasteiger partial charge in [0.25, 0.3) is 0 Å². The molecular weight excluding hydrogens is 228 g/mol. The molecule has 0 aliphatic heterocycles. The van der Waals surface area contributed by atoms with Crippen molar-refractivity contribution in [2.24, 2.45) is 0 Å². The average Bonchev–Trinajstić information content (AvgIpc) is 2.34. The molecule has 2 atom stereocenters. The van der Waals surface area contributed by atoms with Gasteiger partial charge in [0, 0.05) is 0 Å². The quantitative estimate of drug-likeness (QED) is 0.818. The Labute approximate surface area is 109 Å². The zero-order valence-electron chi connectivity index (χ0n) is 11.7. The molecule has 1 aromatic carbocycles. The van der Waals surface area contributed by atoms with E-state index in [1.54, 1.807) is 7.11 Å². The van der Waals surface area contributed by atoms with Crippen LogP contribution >= 0.6 is 0 Å². The van der Waals surface area contributed by atoms with E-state index in [4.69, 9.17) is 9.84 Å². The molecule has 0 radical (unpaired) electrons. The van der Waals surface area contributed by atoms with Crippen LogP contribution in [0.3, 0.4) is 0 Å². The number of aliphatic hydroxyl groups excluding tert-OH is 2. The summed E-state index contributed by atoms with van der Waals surface area (Å²) >= 11 is 0. The van der Waals surface area contributed by atoms with Crippen LogP contribution in [0.1, 0.15) is 42.4 Å². The zero-order valence-corrected chi connectivity index (χ0v) is 11.7. The molecule has 0 aliphatic rings. The molecule has 0 saturated carbocycles. The molecule has 102 valence electrons. The maximum Gasteiger partial charge on any atom is 0.125 e. The Hall–Kier alpha value is -1.06. The number of aryl methyl sites for hydroxylation is 2. The first kappa shape index (κ1) is 15.0. The first-order valence-electron chi connectivity index (χ1n) is 6.47. The second-order valence-corrected chi connectivity index (χ2v) is 4.88. The van der Waals surface area contributed by atoms with Crippen LogP contribution in [-0.4, -0.2) is 30.0 Å². The van der Waals surface area contributed by atoms with Crippen molar-refractivity contribution < 1.29 is 14.9 Å². The number of rotatable bonds is 6. The molecular formula is C15H24O3. The predicted molar refractivity (Wildman–Crippen MR) is 73.2 cm³/mol. The molecule has 1 aromatic rings. The predicted octanol–water partition coefficient (Wildman–Crippen LogP) is 2.55. The highest BCUT2D eigenvalue weighted by Gasteiger charge is 2.19. The summed E-state index contributed by atoms with van der Waals surface area (Å²) in [6.07, 6.45) is 0.809. The minimum atomic E-state index is -0.666. The Balaban J connectivity index is 3.11. The van der Waals surface area contributed by atoms with Crippen molar-refractivity contribution in [3.05, 3.63) is 28.8 Å². The van der Waals surface area contributed by atoms with Crippen molar-refractivity contribution in [1.82, 2.24) is 0 Å². The Bertz CT molecular complexity index is 388. The standard InChI is InChI=1S/C15H24O3/c1-5-12(8-13(17)9-16)14-7-10(2)6-11(3)15(14)18-4/h6-7,12-13,16-17H,5,8-9H2,1-4H3. The molecule has 0 amide bonds. The van der Waals surface area contributed by atoms with Gasteiger partial charge in [-0.15, -0.1) is 0 Å². The van der Waals surface area contributed by atoms with E-state index in [9.17, 15) is 5.11 Å². The van der Waals surface area contributed by atoms with Gasteiger partial charge in [-0.3, -0.25) is 0 Å². The third kappa shape index (κ3) is 3.47. The number of methoxy groups -OCH3 is 1. The first-order valence-corrected chi connectivity index (χ1v) is 6.47. The smallest absolute Gasteiger partial charge is 0.125 e. The SMILES string of the molecule is CCC(CC(O)CO)c1cc(C)cc(C)c1OC. The van der Waals surface area contributed by atoms with Gasteiger partial charge in [0.05, 0.1) is 19.8 Å². The van der Waals surface area contributed by atoms with Gasteiger partial charge in [0.15, 0.2) is 0 Å². The van der Waals surface area contributed by atoms with Gasteiger partial charge < -0.3 is 14.9 Å². The lowest BCUT2D eigenvalue weighted by molar-refractivity contribution is 0.0815. The van der Waals surface area contributed by atoms with Crippen LogP contribution in [0, 0.1) is 13.8 Å². The highest BCUT2D eigenvalue weighted by Crippen LogP contribution is 2.35. The molecule has 2 unspecified atom stereocenters. The largest absolute Gasteiger partial charge is 0.496 e. The van der Waals surface area contributed by atoms with Crippen molar-refractivity contribution in [2.75, 3.05) is 13.7 Å². The fourth-order valence-corrected chi connectivity index (χ4v) is 2.49. The van der Waals surface area contributed by atoms with Crippen LogP contribution in [0.5, 0.6) is 5.75 Å². The molecule has 0 spiro atoms. The van der Waals surface area contributed by atoms with Crippen LogP contribution in [0.25, 0.3) is 0 Å². The summed E-state index contributed by atoms with van der Waals surface area (Å²) in [6, 6.07) is 4.21. The van der Waals surface area contributed by atoms with E-state index in [0.717, 1.165) is 23.3 Å². The Morgan fingerprint density at radius 1 is 1.28 bits per heavy atom. The van der Waals surface area contributed by atoms with E-state index in [1.807, 2.05) is 6.92 Å². The van der Waals surface area contributed by atoms with E-state index >= 15 is 0 Å². The van der Waals surface area contributed by atoms with Crippen LogP contribution in [0.4, 0.5) is 0 Å². The second-order valence-electron chi connectivity index (χ2n) is 4.88. The summed E-state index contributed by atoms with van der Waals surface area (Å²) in [5.41, 5.74) is 3.44. The molecule has 3 heteroatoms. The number of hydrogen-bond acceptors (Lipinski definition) is 3. The van der Waals surface area contributed by atoms with Gasteiger partial charge in [-0.25, -0.2) is 0 Å². The van der Waals surface area contributed by atoms with E-state index < -0.39 is 6.10 Å². The van der Waals surface area contributed by atoms with Crippen LogP contribution in [-0.2, 0) is 0 Å². The zero-order chi connectivity index (χ0) is 13.7. The third-order valence-corrected chi connectivity index (χ3v) is 3.35. The molecule has 0 heterocycles. The van der Waals surface area contributed by atoms with Crippen LogP contribution in [0.15, 0.2) is 12.1 Å². The van der Waals surface area contributed by atoms with Crippen molar-refractivity contribution in [3.63, 3.8) is 0 Å². The van der Waals surface area contributed by atoms with E-state index in [0.29, 0.717) is 6.42 Å². The van der Waals surface area contributed by atoms with Gasteiger partial charge in [0.2, 0.25) is 0 Å². The number of hydrogen-bond donors (Lipinski definition) is 2. The van der Waals surface area contributed by atoms with E-state index in [2.05, 4.69) is 26.0 Å². The maximum atomic E-state index is 9.63.